The van der Waals surface area contributed by atoms with E-state index in [2.05, 4.69) is 10.6 Å². The molecule has 0 aliphatic heterocycles. The van der Waals surface area contributed by atoms with Crippen molar-refractivity contribution in [2.75, 3.05) is 11.9 Å². The van der Waals surface area contributed by atoms with Crippen LogP contribution in [0.1, 0.15) is 19.3 Å². The van der Waals surface area contributed by atoms with E-state index in [-0.39, 0.29) is 36.1 Å². The molecule has 1 aromatic carbocycles. The van der Waals surface area contributed by atoms with Gasteiger partial charge in [0.2, 0.25) is 11.8 Å². The largest absolute Gasteiger partial charge is 0.347 e. The van der Waals surface area contributed by atoms with Crippen LogP contribution in [0, 0.1) is 11.7 Å². The Morgan fingerprint density at radius 1 is 1.25 bits per heavy atom. The molecule has 2 amide bonds. The average Bonchev–Trinajstić information content (AvgIpc) is 2.85. The number of rotatable bonds is 4. The molecule has 1 aliphatic rings. The van der Waals surface area contributed by atoms with Crippen molar-refractivity contribution < 1.29 is 14.0 Å². The molecule has 0 spiro atoms. The second kappa shape index (κ2) is 6.47. The predicted octanol–water partition coefficient (Wildman–Crippen LogP) is 1.01. The second-order valence-corrected chi connectivity index (χ2v) is 5.04. The lowest BCUT2D eigenvalue weighted by atomic mass is 10.1. The van der Waals surface area contributed by atoms with Crippen LogP contribution in [-0.2, 0) is 9.59 Å². The normalized spacial score (nSPS) is 21.5. The third kappa shape index (κ3) is 4.03. The summed E-state index contributed by atoms with van der Waals surface area (Å²) in [6, 6.07) is 5.52. The first-order valence-electron chi connectivity index (χ1n) is 6.63. The smallest absolute Gasteiger partial charge is 0.243 e. The van der Waals surface area contributed by atoms with Gasteiger partial charge in [0, 0.05) is 17.6 Å². The van der Waals surface area contributed by atoms with Crippen LogP contribution in [0.15, 0.2) is 24.3 Å². The van der Waals surface area contributed by atoms with Gasteiger partial charge in [0.15, 0.2) is 0 Å². The van der Waals surface area contributed by atoms with Gasteiger partial charge in [0.1, 0.15) is 5.82 Å². The van der Waals surface area contributed by atoms with Gasteiger partial charge in [-0.1, -0.05) is 0 Å². The summed E-state index contributed by atoms with van der Waals surface area (Å²) in [6.07, 6.45) is 2.29. The molecule has 2 atom stereocenters. The Labute approximate surface area is 116 Å². The van der Waals surface area contributed by atoms with E-state index in [1.165, 1.54) is 24.3 Å². The number of hydrogen-bond acceptors (Lipinski definition) is 3. The fraction of sp³-hybridized carbons (Fsp3) is 0.429. The zero-order chi connectivity index (χ0) is 14.5. The molecule has 20 heavy (non-hydrogen) atoms. The van der Waals surface area contributed by atoms with Crippen molar-refractivity contribution in [3.63, 3.8) is 0 Å². The van der Waals surface area contributed by atoms with Gasteiger partial charge in [0.25, 0.3) is 0 Å². The average molecular weight is 279 g/mol. The molecule has 1 aromatic rings. The fourth-order valence-corrected chi connectivity index (χ4v) is 2.30. The predicted molar refractivity (Wildman–Crippen MR) is 73.4 cm³/mol. The van der Waals surface area contributed by atoms with Gasteiger partial charge in [-0.3, -0.25) is 9.59 Å². The summed E-state index contributed by atoms with van der Waals surface area (Å²) in [6.45, 7) is -0.0953. The van der Waals surface area contributed by atoms with Gasteiger partial charge in [0.05, 0.1) is 6.54 Å². The van der Waals surface area contributed by atoms with Crippen molar-refractivity contribution in [3.8, 4) is 0 Å². The highest BCUT2D eigenvalue weighted by molar-refractivity contribution is 5.94. The van der Waals surface area contributed by atoms with Crippen LogP contribution in [-0.4, -0.2) is 24.4 Å². The standard InChI is InChI=1S/C14H18FN3O2/c15-10-2-5-12(6-3-10)18-13(19)8-17-14(20)9-1-4-11(16)7-9/h2-3,5-6,9,11H,1,4,7-8,16H2,(H,17,20)(H,18,19). The van der Waals surface area contributed by atoms with Gasteiger partial charge in [-0.15, -0.1) is 0 Å². The molecule has 0 bridgehead atoms. The molecule has 0 saturated heterocycles. The van der Waals surface area contributed by atoms with Crippen molar-refractivity contribution in [2.45, 2.75) is 25.3 Å². The minimum atomic E-state index is -0.367. The second-order valence-electron chi connectivity index (χ2n) is 5.04. The fourth-order valence-electron chi connectivity index (χ4n) is 2.30. The Morgan fingerprint density at radius 3 is 2.55 bits per heavy atom. The van der Waals surface area contributed by atoms with Gasteiger partial charge < -0.3 is 16.4 Å². The molecule has 0 aromatic heterocycles. The first-order chi connectivity index (χ1) is 9.54. The third-order valence-corrected chi connectivity index (χ3v) is 3.40. The molecule has 2 unspecified atom stereocenters. The minimum Gasteiger partial charge on any atom is -0.347 e. The summed E-state index contributed by atoms with van der Waals surface area (Å²) in [5, 5.41) is 5.17. The first kappa shape index (κ1) is 14.5. The number of nitrogens with one attached hydrogen (secondary N) is 2. The Morgan fingerprint density at radius 2 is 1.95 bits per heavy atom. The third-order valence-electron chi connectivity index (χ3n) is 3.40. The van der Waals surface area contributed by atoms with Crippen molar-refractivity contribution >= 4 is 17.5 Å². The number of anilines is 1. The molecule has 0 heterocycles. The molecule has 0 radical (unpaired) electrons. The Balaban J connectivity index is 1.75. The number of benzene rings is 1. The quantitative estimate of drug-likeness (QED) is 0.769. The Hall–Kier alpha value is -1.95. The molecule has 1 saturated carbocycles. The van der Waals surface area contributed by atoms with E-state index in [4.69, 9.17) is 5.73 Å². The van der Waals surface area contributed by atoms with E-state index in [1.54, 1.807) is 0 Å². The van der Waals surface area contributed by atoms with Gasteiger partial charge in [-0.2, -0.15) is 0 Å². The van der Waals surface area contributed by atoms with Gasteiger partial charge >= 0.3 is 0 Å². The summed E-state index contributed by atoms with van der Waals surface area (Å²) < 4.78 is 12.7. The van der Waals surface area contributed by atoms with Crippen LogP contribution in [0.3, 0.4) is 0 Å². The van der Waals surface area contributed by atoms with E-state index in [1.807, 2.05) is 0 Å². The van der Waals surface area contributed by atoms with Crippen molar-refractivity contribution in [3.05, 3.63) is 30.1 Å². The van der Waals surface area contributed by atoms with Crippen LogP contribution >= 0.6 is 0 Å². The van der Waals surface area contributed by atoms with Crippen LogP contribution in [0.25, 0.3) is 0 Å². The van der Waals surface area contributed by atoms with E-state index in [0.29, 0.717) is 12.1 Å². The first-order valence-corrected chi connectivity index (χ1v) is 6.63. The topological polar surface area (TPSA) is 84.2 Å². The molecular weight excluding hydrogens is 261 g/mol. The summed E-state index contributed by atoms with van der Waals surface area (Å²) in [5.74, 6) is -0.933. The monoisotopic (exact) mass is 279 g/mol. The number of carbonyl (C=O) groups excluding carboxylic acids is 2. The van der Waals surface area contributed by atoms with Crippen molar-refractivity contribution in [2.24, 2.45) is 11.7 Å². The summed E-state index contributed by atoms with van der Waals surface area (Å²) in [5.41, 5.74) is 6.24. The van der Waals surface area contributed by atoms with E-state index in [0.717, 1.165) is 12.8 Å². The Bertz CT molecular complexity index is 490. The van der Waals surface area contributed by atoms with E-state index in [9.17, 15) is 14.0 Å². The lowest BCUT2D eigenvalue weighted by molar-refractivity contribution is -0.127. The molecule has 1 aliphatic carbocycles. The maximum atomic E-state index is 12.7. The van der Waals surface area contributed by atoms with E-state index < -0.39 is 0 Å². The zero-order valence-electron chi connectivity index (χ0n) is 11.1. The lowest BCUT2D eigenvalue weighted by Gasteiger charge is -2.11. The van der Waals surface area contributed by atoms with Crippen LogP contribution < -0.4 is 16.4 Å². The molecule has 6 heteroatoms. The van der Waals surface area contributed by atoms with Crippen molar-refractivity contribution in [1.82, 2.24) is 5.32 Å². The highest BCUT2D eigenvalue weighted by Gasteiger charge is 2.27. The highest BCUT2D eigenvalue weighted by Crippen LogP contribution is 2.23. The number of nitrogens with two attached hydrogens (primary N) is 1. The number of halogens is 1. The maximum absolute atomic E-state index is 12.7. The maximum Gasteiger partial charge on any atom is 0.243 e. The molecular formula is C14H18FN3O2. The number of carbonyl (C=O) groups is 2. The highest BCUT2D eigenvalue weighted by atomic mass is 19.1. The zero-order valence-corrected chi connectivity index (χ0v) is 11.1. The molecule has 4 N–H and O–H groups in total. The minimum absolute atomic E-state index is 0.0822. The molecule has 108 valence electrons. The number of amides is 2. The van der Waals surface area contributed by atoms with Gasteiger partial charge in [-0.25, -0.2) is 4.39 Å². The van der Waals surface area contributed by atoms with Crippen LogP contribution in [0.2, 0.25) is 0 Å². The van der Waals surface area contributed by atoms with Gasteiger partial charge in [-0.05, 0) is 43.5 Å². The van der Waals surface area contributed by atoms with Crippen LogP contribution in [0.5, 0.6) is 0 Å². The van der Waals surface area contributed by atoms with Crippen molar-refractivity contribution in [1.29, 1.82) is 0 Å². The van der Waals surface area contributed by atoms with Crippen LogP contribution in [0.4, 0.5) is 10.1 Å². The molecule has 2 rings (SSSR count). The summed E-state index contributed by atoms with van der Waals surface area (Å²) in [7, 11) is 0. The SMILES string of the molecule is NC1CCC(C(=O)NCC(=O)Nc2ccc(F)cc2)C1. The lowest BCUT2D eigenvalue weighted by Crippen LogP contribution is -2.36. The number of hydrogen-bond donors (Lipinski definition) is 3. The summed E-state index contributed by atoms with van der Waals surface area (Å²) in [4.78, 5) is 23.4. The molecule has 5 nitrogen and oxygen atoms in total. The molecule has 1 fully saturated rings. The van der Waals surface area contributed by atoms with E-state index >= 15 is 0 Å². The Kier molecular flexibility index (Phi) is 4.68. The summed E-state index contributed by atoms with van der Waals surface area (Å²) >= 11 is 0.